The number of amides is 2. The number of rotatable bonds is 4. The van der Waals surface area contributed by atoms with E-state index in [1.165, 1.54) is 25.1 Å². The predicted octanol–water partition coefficient (Wildman–Crippen LogP) is 3.53. The first-order valence-electron chi connectivity index (χ1n) is 10.4. The van der Waals surface area contributed by atoms with E-state index in [0.29, 0.717) is 26.2 Å². The van der Waals surface area contributed by atoms with Crippen LogP contribution in [0.1, 0.15) is 27.7 Å². The molecule has 0 atom stereocenters. The molecule has 1 N–H and O–H groups in total. The minimum Gasteiger partial charge on any atom is -0.444 e. The van der Waals surface area contributed by atoms with Crippen LogP contribution < -0.4 is 10.2 Å². The van der Waals surface area contributed by atoms with Gasteiger partial charge in [0.1, 0.15) is 5.60 Å². The van der Waals surface area contributed by atoms with Crippen molar-refractivity contribution in [2.75, 3.05) is 36.4 Å². The molecule has 0 aliphatic carbocycles. The molecule has 172 valence electrons. The van der Waals surface area contributed by atoms with Crippen molar-refractivity contribution in [3.8, 4) is 0 Å². The Morgan fingerprint density at radius 3 is 2.16 bits per heavy atom. The molecule has 32 heavy (non-hydrogen) atoms. The van der Waals surface area contributed by atoms with Crippen LogP contribution in [0.4, 0.5) is 16.2 Å². The van der Waals surface area contributed by atoms with Gasteiger partial charge < -0.3 is 19.9 Å². The number of hydrogen-bond donors (Lipinski definition) is 1. The Hall–Kier alpha value is -3.07. The third kappa shape index (κ3) is 5.59. The number of ether oxygens (including phenoxy) is 1. The number of nitrogens with one attached hydrogen (secondary N) is 1. The summed E-state index contributed by atoms with van der Waals surface area (Å²) in [5, 5.41) is 2.65. The molecule has 1 saturated heterocycles. The van der Waals surface area contributed by atoms with Crippen LogP contribution in [-0.4, -0.2) is 57.1 Å². The number of carbonyl (C=O) groups excluding carboxylic acids is 2. The zero-order chi connectivity index (χ0) is 23.5. The molecule has 9 heteroatoms. The molecule has 2 aromatic carbocycles. The van der Waals surface area contributed by atoms with Crippen molar-refractivity contribution < 1.29 is 22.7 Å². The molecule has 0 radical (unpaired) electrons. The zero-order valence-corrected chi connectivity index (χ0v) is 19.6. The molecular formula is C23H29N3O5S. The van der Waals surface area contributed by atoms with E-state index in [9.17, 15) is 18.0 Å². The van der Waals surface area contributed by atoms with Crippen molar-refractivity contribution >= 4 is 33.2 Å². The molecule has 2 aromatic rings. The summed E-state index contributed by atoms with van der Waals surface area (Å²) in [6.45, 7) is 8.91. The average Bonchev–Trinajstić information content (AvgIpc) is 2.72. The summed E-state index contributed by atoms with van der Waals surface area (Å²) in [6, 6.07) is 13.0. The lowest BCUT2D eigenvalue weighted by atomic mass is 10.2. The molecule has 1 aliphatic heterocycles. The Labute approximate surface area is 189 Å². The fraction of sp³-hybridized carbons (Fsp3) is 0.391. The minimum absolute atomic E-state index is 0.0371. The number of benzene rings is 2. The smallest absolute Gasteiger partial charge is 0.410 e. The second kappa shape index (κ2) is 9.20. The highest BCUT2D eigenvalue weighted by Crippen LogP contribution is 2.32. The van der Waals surface area contributed by atoms with Crippen LogP contribution in [0, 0.1) is 0 Å². The van der Waals surface area contributed by atoms with Crippen molar-refractivity contribution in [1.82, 2.24) is 4.90 Å². The largest absolute Gasteiger partial charge is 0.444 e. The second-order valence-electron chi connectivity index (χ2n) is 8.63. The van der Waals surface area contributed by atoms with Gasteiger partial charge in [0, 0.05) is 38.8 Å². The molecule has 1 fully saturated rings. The Kier molecular flexibility index (Phi) is 6.78. The third-order valence-electron chi connectivity index (χ3n) is 4.91. The fourth-order valence-corrected chi connectivity index (χ4v) is 4.85. The lowest BCUT2D eigenvalue weighted by molar-refractivity contribution is -0.114. The highest BCUT2D eigenvalue weighted by atomic mass is 32.2. The summed E-state index contributed by atoms with van der Waals surface area (Å²) < 4.78 is 31.7. The van der Waals surface area contributed by atoms with Gasteiger partial charge in [-0.05, 0) is 51.1 Å². The number of hydrogen-bond acceptors (Lipinski definition) is 6. The van der Waals surface area contributed by atoms with Gasteiger partial charge in [-0.25, -0.2) is 13.2 Å². The normalized spacial score (nSPS) is 14.8. The van der Waals surface area contributed by atoms with E-state index in [1.54, 1.807) is 35.2 Å². The van der Waals surface area contributed by atoms with E-state index in [1.807, 2.05) is 25.7 Å². The predicted molar refractivity (Wildman–Crippen MR) is 123 cm³/mol. The van der Waals surface area contributed by atoms with Gasteiger partial charge in [0.25, 0.3) is 0 Å². The van der Waals surface area contributed by atoms with E-state index < -0.39 is 15.4 Å². The maximum absolute atomic E-state index is 13.1. The molecule has 1 aliphatic rings. The summed E-state index contributed by atoms with van der Waals surface area (Å²) in [5.74, 6) is -0.360. The molecule has 0 spiro atoms. The summed E-state index contributed by atoms with van der Waals surface area (Å²) in [4.78, 5) is 28.0. The van der Waals surface area contributed by atoms with E-state index in [-0.39, 0.29) is 27.5 Å². The van der Waals surface area contributed by atoms with Crippen LogP contribution in [-0.2, 0) is 19.4 Å². The van der Waals surface area contributed by atoms with E-state index >= 15 is 0 Å². The minimum atomic E-state index is -3.80. The lowest BCUT2D eigenvalue weighted by Gasteiger charge is -2.37. The van der Waals surface area contributed by atoms with E-state index in [4.69, 9.17) is 4.74 Å². The van der Waals surface area contributed by atoms with Crippen molar-refractivity contribution in [2.45, 2.75) is 43.1 Å². The second-order valence-corrected chi connectivity index (χ2v) is 10.6. The maximum Gasteiger partial charge on any atom is 0.410 e. The van der Waals surface area contributed by atoms with Crippen molar-refractivity contribution in [3.63, 3.8) is 0 Å². The van der Waals surface area contributed by atoms with Gasteiger partial charge in [-0.1, -0.05) is 18.2 Å². The molecule has 0 aromatic heterocycles. The number of sulfone groups is 1. The van der Waals surface area contributed by atoms with Crippen LogP contribution in [0.25, 0.3) is 0 Å². The van der Waals surface area contributed by atoms with Crippen molar-refractivity contribution in [1.29, 1.82) is 0 Å². The van der Waals surface area contributed by atoms with Crippen LogP contribution >= 0.6 is 0 Å². The number of piperazine rings is 1. The molecule has 0 bridgehead atoms. The molecule has 8 nitrogen and oxygen atoms in total. The molecule has 2 amide bonds. The van der Waals surface area contributed by atoms with Crippen LogP contribution in [0.3, 0.4) is 0 Å². The lowest BCUT2D eigenvalue weighted by Crippen LogP contribution is -2.50. The molecule has 1 heterocycles. The first kappa shape index (κ1) is 23.6. The number of nitrogens with zero attached hydrogens (tertiary/aromatic N) is 2. The van der Waals surface area contributed by atoms with Crippen molar-refractivity contribution in [3.05, 3.63) is 48.5 Å². The molecule has 0 unspecified atom stereocenters. The SMILES string of the molecule is CC(=O)Nc1cc(N2CCN(C(=O)OC(C)(C)C)CC2)ccc1S(=O)(=O)c1ccccc1. The van der Waals surface area contributed by atoms with Gasteiger partial charge in [0.2, 0.25) is 15.7 Å². The first-order valence-corrected chi connectivity index (χ1v) is 11.9. The van der Waals surface area contributed by atoms with Crippen LogP contribution in [0.15, 0.2) is 58.3 Å². The summed E-state index contributed by atoms with van der Waals surface area (Å²) in [7, 11) is -3.80. The maximum atomic E-state index is 13.1. The average molecular weight is 460 g/mol. The Balaban J connectivity index is 1.83. The molecule has 0 saturated carbocycles. The standard InChI is InChI=1S/C23H29N3O5S/c1-17(27)24-20-16-18(10-11-21(20)32(29,30)19-8-6-5-7-9-19)25-12-14-26(15-13-25)22(28)31-23(2,3)4/h5-11,16H,12-15H2,1-4H3,(H,24,27). The number of carbonyl (C=O) groups is 2. The fourth-order valence-electron chi connectivity index (χ4n) is 3.44. The highest BCUT2D eigenvalue weighted by molar-refractivity contribution is 7.91. The summed E-state index contributed by atoms with van der Waals surface area (Å²) >= 11 is 0. The number of anilines is 2. The third-order valence-corrected chi connectivity index (χ3v) is 6.74. The van der Waals surface area contributed by atoms with E-state index in [0.717, 1.165) is 5.69 Å². The van der Waals surface area contributed by atoms with Gasteiger partial charge in [-0.15, -0.1) is 0 Å². The summed E-state index contributed by atoms with van der Waals surface area (Å²) in [5.41, 5.74) is 0.444. The van der Waals surface area contributed by atoms with E-state index in [2.05, 4.69) is 5.32 Å². The topological polar surface area (TPSA) is 96.0 Å². The highest BCUT2D eigenvalue weighted by Gasteiger charge is 2.27. The first-order chi connectivity index (χ1) is 15.0. The Morgan fingerprint density at radius 2 is 1.59 bits per heavy atom. The van der Waals surface area contributed by atoms with Gasteiger partial charge in [0.05, 0.1) is 15.5 Å². The Bertz CT molecular complexity index is 1090. The molecular weight excluding hydrogens is 430 g/mol. The zero-order valence-electron chi connectivity index (χ0n) is 18.8. The van der Waals surface area contributed by atoms with Gasteiger partial charge >= 0.3 is 6.09 Å². The van der Waals surface area contributed by atoms with Gasteiger partial charge in [-0.2, -0.15) is 0 Å². The van der Waals surface area contributed by atoms with Crippen LogP contribution in [0.5, 0.6) is 0 Å². The quantitative estimate of drug-likeness (QED) is 0.751. The van der Waals surface area contributed by atoms with Crippen molar-refractivity contribution in [2.24, 2.45) is 0 Å². The van der Waals surface area contributed by atoms with Gasteiger partial charge in [-0.3, -0.25) is 4.79 Å². The van der Waals surface area contributed by atoms with Gasteiger partial charge in [0.15, 0.2) is 0 Å². The summed E-state index contributed by atoms with van der Waals surface area (Å²) in [6.07, 6.45) is -0.347. The van der Waals surface area contributed by atoms with Crippen LogP contribution in [0.2, 0.25) is 0 Å². The monoisotopic (exact) mass is 459 g/mol. The Morgan fingerprint density at radius 1 is 0.969 bits per heavy atom. The molecule has 3 rings (SSSR count).